The Hall–Kier alpha value is -1.97. The molecule has 0 bridgehead atoms. The molecule has 4 nitrogen and oxygen atoms in total. The van der Waals surface area contributed by atoms with Crippen LogP contribution in [0.5, 0.6) is 5.75 Å². The van der Waals surface area contributed by atoms with Gasteiger partial charge >= 0.3 is 5.97 Å². The maximum absolute atomic E-state index is 12.0. The first kappa shape index (κ1) is 16.4. The average molecular weight is 303 g/mol. The molecule has 0 N–H and O–H groups in total. The number of piperidine rings is 1. The molecule has 0 unspecified atom stereocenters. The Morgan fingerprint density at radius 3 is 2.86 bits per heavy atom. The number of ether oxygens (including phenoxy) is 2. The van der Waals surface area contributed by atoms with Crippen LogP contribution < -0.4 is 9.64 Å². The monoisotopic (exact) mass is 303 g/mol. The Kier molecular flexibility index (Phi) is 5.47. The number of carbonyl (C=O) groups is 1. The van der Waals surface area contributed by atoms with Gasteiger partial charge < -0.3 is 14.4 Å². The average Bonchev–Trinajstić information content (AvgIpc) is 2.54. The van der Waals surface area contributed by atoms with E-state index in [1.807, 2.05) is 26.0 Å². The molecule has 0 amide bonds. The third kappa shape index (κ3) is 3.62. The number of hydrogen-bond acceptors (Lipinski definition) is 4. The van der Waals surface area contributed by atoms with Crippen LogP contribution in [0.4, 0.5) is 5.69 Å². The summed E-state index contributed by atoms with van der Waals surface area (Å²) in [5.41, 5.74) is 3.13. The van der Waals surface area contributed by atoms with Crippen LogP contribution in [0.1, 0.15) is 32.3 Å². The van der Waals surface area contributed by atoms with E-state index in [1.54, 1.807) is 7.11 Å². The number of esters is 1. The van der Waals surface area contributed by atoms with Crippen molar-refractivity contribution in [3.8, 4) is 5.75 Å². The van der Waals surface area contributed by atoms with Crippen LogP contribution in [0.15, 0.2) is 24.8 Å². The summed E-state index contributed by atoms with van der Waals surface area (Å²) in [7, 11) is 1.67. The molecule has 0 aliphatic carbocycles. The fourth-order valence-corrected chi connectivity index (χ4v) is 2.85. The highest BCUT2D eigenvalue weighted by Gasteiger charge is 2.28. The van der Waals surface area contributed by atoms with Crippen molar-refractivity contribution < 1.29 is 14.3 Å². The van der Waals surface area contributed by atoms with Crippen molar-refractivity contribution in [1.29, 1.82) is 0 Å². The van der Waals surface area contributed by atoms with E-state index in [0.29, 0.717) is 13.2 Å². The zero-order valence-corrected chi connectivity index (χ0v) is 13.7. The lowest BCUT2D eigenvalue weighted by atomic mass is 9.97. The van der Waals surface area contributed by atoms with E-state index in [9.17, 15) is 4.79 Å². The highest BCUT2D eigenvalue weighted by atomic mass is 16.5. The van der Waals surface area contributed by atoms with Crippen molar-refractivity contribution in [2.75, 3.05) is 31.7 Å². The van der Waals surface area contributed by atoms with Crippen molar-refractivity contribution in [2.24, 2.45) is 5.92 Å². The minimum atomic E-state index is -0.0952. The standard InChI is InChI=1S/C18H25NO3/c1-5-22-18(20)15-7-6-10-19(12-15)16-11-14(13(2)3)8-9-17(16)21-4/h8-9,11,15H,2,5-7,10,12H2,1,3-4H3/t15-/m1/s1. The highest BCUT2D eigenvalue weighted by molar-refractivity contribution is 5.75. The second-order valence-corrected chi connectivity index (χ2v) is 5.70. The van der Waals surface area contributed by atoms with Crippen molar-refractivity contribution in [1.82, 2.24) is 0 Å². The Bertz CT molecular complexity index is 553. The SMILES string of the molecule is C=C(C)c1ccc(OC)c(N2CCC[C@@H](C(=O)OCC)C2)c1. The minimum Gasteiger partial charge on any atom is -0.495 e. The summed E-state index contributed by atoms with van der Waals surface area (Å²) in [5, 5.41) is 0. The molecule has 1 saturated heterocycles. The normalized spacial score (nSPS) is 18.0. The summed E-state index contributed by atoms with van der Waals surface area (Å²) in [5.74, 6) is 0.670. The van der Waals surface area contributed by atoms with Gasteiger partial charge in [0, 0.05) is 13.1 Å². The maximum atomic E-state index is 12.0. The molecule has 1 fully saturated rings. The van der Waals surface area contributed by atoms with E-state index in [4.69, 9.17) is 9.47 Å². The molecular formula is C18H25NO3. The first-order valence-corrected chi connectivity index (χ1v) is 7.82. The molecule has 0 saturated carbocycles. The third-order valence-corrected chi connectivity index (χ3v) is 4.05. The molecule has 1 aromatic rings. The van der Waals surface area contributed by atoms with E-state index >= 15 is 0 Å². The Morgan fingerprint density at radius 2 is 2.23 bits per heavy atom. The van der Waals surface area contributed by atoms with Crippen molar-refractivity contribution in [3.05, 3.63) is 30.3 Å². The van der Waals surface area contributed by atoms with Crippen LogP contribution in [-0.4, -0.2) is 32.8 Å². The molecule has 0 spiro atoms. The Balaban J connectivity index is 2.24. The first-order chi connectivity index (χ1) is 10.6. The topological polar surface area (TPSA) is 38.8 Å². The van der Waals surface area contributed by atoms with Gasteiger partial charge in [0.15, 0.2) is 0 Å². The number of rotatable bonds is 5. The predicted molar refractivity (Wildman–Crippen MR) is 89.3 cm³/mol. The second-order valence-electron chi connectivity index (χ2n) is 5.70. The predicted octanol–water partition coefficient (Wildman–Crippen LogP) is 3.51. The van der Waals surface area contributed by atoms with E-state index in [1.165, 1.54) is 0 Å². The number of hydrogen-bond donors (Lipinski definition) is 0. The maximum Gasteiger partial charge on any atom is 0.310 e. The van der Waals surface area contributed by atoms with Gasteiger partial charge in [0.25, 0.3) is 0 Å². The number of benzene rings is 1. The second kappa shape index (κ2) is 7.34. The molecule has 1 heterocycles. The molecule has 0 aromatic heterocycles. The third-order valence-electron chi connectivity index (χ3n) is 4.05. The van der Waals surface area contributed by atoms with E-state index < -0.39 is 0 Å². The van der Waals surface area contributed by atoms with Gasteiger partial charge in [0.1, 0.15) is 5.75 Å². The summed E-state index contributed by atoms with van der Waals surface area (Å²) in [6, 6.07) is 6.07. The zero-order valence-electron chi connectivity index (χ0n) is 13.7. The van der Waals surface area contributed by atoms with Crippen LogP contribution >= 0.6 is 0 Å². The summed E-state index contributed by atoms with van der Waals surface area (Å²) < 4.78 is 10.7. The van der Waals surface area contributed by atoms with Crippen molar-refractivity contribution >= 4 is 17.2 Å². The summed E-state index contributed by atoms with van der Waals surface area (Å²) in [6.45, 7) is 9.87. The quantitative estimate of drug-likeness (QED) is 0.780. The number of carbonyl (C=O) groups excluding carboxylic acids is 1. The fraction of sp³-hybridized carbons (Fsp3) is 0.500. The molecule has 22 heavy (non-hydrogen) atoms. The molecule has 1 aliphatic heterocycles. The largest absolute Gasteiger partial charge is 0.495 e. The number of nitrogens with zero attached hydrogens (tertiary/aromatic N) is 1. The molecule has 1 atom stereocenters. The van der Waals surface area contributed by atoms with Crippen LogP contribution in [-0.2, 0) is 9.53 Å². The van der Waals surface area contributed by atoms with Gasteiger partial charge in [-0.25, -0.2) is 0 Å². The first-order valence-electron chi connectivity index (χ1n) is 7.82. The van der Waals surface area contributed by atoms with Crippen molar-refractivity contribution in [3.63, 3.8) is 0 Å². The lowest BCUT2D eigenvalue weighted by Crippen LogP contribution is -2.39. The zero-order chi connectivity index (χ0) is 16.1. The summed E-state index contributed by atoms with van der Waals surface area (Å²) in [6.07, 6.45) is 1.86. The van der Waals surface area contributed by atoms with Crippen LogP contribution in [0, 0.1) is 5.92 Å². The molecule has 2 rings (SSSR count). The fourth-order valence-electron chi connectivity index (χ4n) is 2.85. The number of methoxy groups -OCH3 is 1. The van der Waals surface area contributed by atoms with Crippen LogP contribution in [0.25, 0.3) is 5.57 Å². The van der Waals surface area contributed by atoms with E-state index in [0.717, 1.165) is 42.0 Å². The van der Waals surface area contributed by atoms with Gasteiger partial charge in [-0.2, -0.15) is 0 Å². The Labute approximate surface area is 132 Å². The van der Waals surface area contributed by atoms with E-state index in [-0.39, 0.29) is 11.9 Å². The highest BCUT2D eigenvalue weighted by Crippen LogP contribution is 2.34. The molecule has 4 heteroatoms. The summed E-state index contributed by atoms with van der Waals surface area (Å²) >= 11 is 0. The van der Waals surface area contributed by atoms with Gasteiger partial charge in [-0.15, -0.1) is 0 Å². The molecule has 1 aliphatic rings. The van der Waals surface area contributed by atoms with Crippen LogP contribution in [0.3, 0.4) is 0 Å². The van der Waals surface area contributed by atoms with Gasteiger partial charge in [-0.3, -0.25) is 4.79 Å². The number of allylic oxidation sites excluding steroid dienone is 1. The molecule has 0 radical (unpaired) electrons. The van der Waals surface area contributed by atoms with Gasteiger partial charge in [-0.05, 0) is 44.4 Å². The molecule has 1 aromatic carbocycles. The Morgan fingerprint density at radius 1 is 1.45 bits per heavy atom. The van der Waals surface area contributed by atoms with E-state index in [2.05, 4.69) is 17.5 Å². The lowest BCUT2D eigenvalue weighted by Gasteiger charge is -2.34. The minimum absolute atomic E-state index is 0.0631. The van der Waals surface area contributed by atoms with Gasteiger partial charge in [-0.1, -0.05) is 18.2 Å². The smallest absolute Gasteiger partial charge is 0.310 e. The van der Waals surface area contributed by atoms with Gasteiger partial charge in [0.2, 0.25) is 0 Å². The van der Waals surface area contributed by atoms with Crippen molar-refractivity contribution in [2.45, 2.75) is 26.7 Å². The van der Waals surface area contributed by atoms with Gasteiger partial charge in [0.05, 0.1) is 25.3 Å². The molecule has 120 valence electrons. The summed E-state index contributed by atoms with van der Waals surface area (Å²) in [4.78, 5) is 14.2. The number of anilines is 1. The van der Waals surface area contributed by atoms with Crippen LogP contribution in [0.2, 0.25) is 0 Å². The lowest BCUT2D eigenvalue weighted by molar-refractivity contribution is -0.148. The molecular weight excluding hydrogens is 278 g/mol.